The van der Waals surface area contributed by atoms with E-state index in [9.17, 15) is 9.18 Å². The van der Waals surface area contributed by atoms with Crippen LogP contribution in [0, 0.1) is 5.82 Å². The molecule has 22 heavy (non-hydrogen) atoms. The molecule has 0 aliphatic rings. The van der Waals surface area contributed by atoms with E-state index in [2.05, 4.69) is 5.32 Å². The first kappa shape index (κ1) is 16.0. The molecule has 0 bridgehead atoms. The zero-order valence-electron chi connectivity index (χ0n) is 12.3. The van der Waals surface area contributed by atoms with Crippen molar-refractivity contribution in [3.8, 4) is 5.75 Å². The molecule has 2 N–H and O–H groups in total. The first-order valence-electron chi connectivity index (χ1n) is 6.99. The molecule has 0 spiro atoms. The number of aliphatic hydroxyl groups is 1. The van der Waals surface area contributed by atoms with E-state index < -0.39 is 6.10 Å². The average molecular weight is 303 g/mol. The molecule has 1 amide bonds. The van der Waals surface area contributed by atoms with Gasteiger partial charge >= 0.3 is 0 Å². The molecular weight excluding hydrogens is 285 g/mol. The van der Waals surface area contributed by atoms with Gasteiger partial charge in [0.2, 0.25) is 0 Å². The molecule has 0 heterocycles. The van der Waals surface area contributed by atoms with Crippen LogP contribution in [-0.2, 0) is 6.61 Å². The van der Waals surface area contributed by atoms with Crippen molar-refractivity contribution < 1.29 is 19.0 Å². The zero-order valence-corrected chi connectivity index (χ0v) is 12.3. The minimum atomic E-state index is -0.607. The maximum absolute atomic E-state index is 13.5. The van der Waals surface area contributed by atoms with Gasteiger partial charge < -0.3 is 15.2 Å². The summed E-state index contributed by atoms with van der Waals surface area (Å²) in [5.41, 5.74) is 0.873. The Morgan fingerprint density at radius 1 is 1.27 bits per heavy atom. The van der Waals surface area contributed by atoms with Crippen LogP contribution in [0.5, 0.6) is 5.75 Å². The van der Waals surface area contributed by atoms with Crippen molar-refractivity contribution in [3.05, 3.63) is 65.5 Å². The Balaban J connectivity index is 1.99. The third kappa shape index (κ3) is 4.56. The number of halogens is 1. The molecule has 0 aliphatic carbocycles. The fourth-order valence-corrected chi connectivity index (χ4v) is 1.85. The lowest BCUT2D eigenvalue weighted by Gasteiger charge is -2.10. The van der Waals surface area contributed by atoms with Crippen molar-refractivity contribution in [1.29, 1.82) is 0 Å². The number of hydrogen-bond acceptors (Lipinski definition) is 3. The quantitative estimate of drug-likeness (QED) is 0.862. The van der Waals surface area contributed by atoms with E-state index in [1.165, 1.54) is 6.07 Å². The van der Waals surface area contributed by atoms with Gasteiger partial charge in [0.15, 0.2) is 0 Å². The number of carbonyl (C=O) groups is 1. The Morgan fingerprint density at radius 2 is 2.05 bits per heavy atom. The largest absolute Gasteiger partial charge is 0.489 e. The van der Waals surface area contributed by atoms with E-state index in [1.807, 2.05) is 0 Å². The summed E-state index contributed by atoms with van der Waals surface area (Å²) in [5.74, 6) is -0.140. The lowest BCUT2D eigenvalue weighted by atomic mass is 10.2. The highest BCUT2D eigenvalue weighted by Gasteiger charge is 2.08. The summed E-state index contributed by atoms with van der Waals surface area (Å²) in [6.45, 7) is 1.86. The smallest absolute Gasteiger partial charge is 0.251 e. The Kier molecular flexibility index (Phi) is 5.49. The molecule has 2 rings (SSSR count). The standard InChI is InChI=1S/C17H18FNO3/c1-12(20)10-19-17(21)13-6-4-7-15(9-13)22-11-14-5-2-3-8-16(14)18/h2-9,12,20H,10-11H2,1H3,(H,19,21). The predicted octanol–water partition coefficient (Wildman–Crippen LogP) is 2.52. The zero-order chi connectivity index (χ0) is 15.9. The molecule has 4 nitrogen and oxygen atoms in total. The second kappa shape index (κ2) is 7.56. The van der Waals surface area contributed by atoms with Crippen LogP contribution in [0.2, 0.25) is 0 Å². The normalized spacial score (nSPS) is 11.8. The van der Waals surface area contributed by atoms with E-state index in [4.69, 9.17) is 9.84 Å². The van der Waals surface area contributed by atoms with Crippen LogP contribution in [-0.4, -0.2) is 23.7 Å². The number of hydrogen-bond donors (Lipinski definition) is 2. The minimum Gasteiger partial charge on any atom is -0.489 e. The van der Waals surface area contributed by atoms with E-state index in [0.717, 1.165) is 0 Å². The van der Waals surface area contributed by atoms with Gasteiger partial charge in [-0.05, 0) is 31.2 Å². The fourth-order valence-electron chi connectivity index (χ4n) is 1.85. The second-order valence-electron chi connectivity index (χ2n) is 4.97. The lowest BCUT2D eigenvalue weighted by Crippen LogP contribution is -2.30. The van der Waals surface area contributed by atoms with Crippen molar-refractivity contribution >= 4 is 5.91 Å². The third-order valence-corrected chi connectivity index (χ3v) is 3.01. The first-order valence-corrected chi connectivity index (χ1v) is 6.99. The number of rotatable bonds is 6. The lowest BCUT2D eigenvalue weighted by molar-refractivity contribution is 0.0923. The van der Waals surface area contributed by atoms with Crippen LogP contribution in [0.25, 0.3) is 0 Å². The molecule has 0 radical (unpaired) electrons. The SMILES string of the molecule is CC(O)CNC(=O)c1cccc(OCc2ccccc2F)c1. The Morgan fingerprint density at radius 3 is 2.77 bits per heavy atom. The summed E-state index contributed by atoms with van der Waals surface area (Å²) in [6, 6.07) is 13.0. The predicted molar refractivity (Wildman–Crippen MR) is 81.2 cm³/mol. The summed E-state index contributed by atoms with van der Waals surface area (Å²) < 4.78 is 19.0. The highest BCUT2D eigenvalue weighted by molar-refractivity contribution is 5.94. The number of amides is 1. The van der Waals surface area contributed by atoms with E-state index in [1.54, 1.807) is 49.4 Å². The molecule has 2 aromatic carbocycles. The monoisotopic (exact) mass is 303 g/mol. The number of aliphatic hydroxyl groups excluding tert-OH is 1. The molecule has 1 unspecified atom stereocenters. The number of nitrogens with one attached hydrogen (secondary N) is 1. The van der Waals surface area contributed by atoms with E-state index in [-0.39, 0.29) is 24.9 Å². The summed E-state index contributed by atoms with van der Waals surface area (Å²) in [7, 11) is 0. The number of ether oxygens (including phenoxy) is 1. The molecular formula is C17H18FNO3. The summed E-state index contributed by atoms with van der Waals surface area (Å²) >= 11 is 0. The van der Waals surface area contributed by atoms with Gasteiger partial charge in [0.1, 0.15) is 18.2 Å². The van der Waals surface area contributed by atoms with Gasteiger partial charge in [-0.25, -0.2) is 4.39 Å². The molecule has 5 heteroatoms. The highest BCUT2D eigenvalue weighted by atomic mass is 19.1. The molecule has 116 valence electrons. The van der Waals surface area contributed by atoms with Crippen molar-refractivity contribution in [3.63, 3.8) is 0 Å². The van der Waals surface area contributed by atoms with Gasteiger partial charge in [0.25, 0.3) is 5.91 Å². The maximum Gasteiger partial charge on any atom is 0.251 e. The second-order valence-corrected chi connectivity index (χ2v) is 4.97. The molecule has 0 saturated heterocycles. The van der Waals surface area contributed by atoms with Crippen molar-refractivity contribution in [2.45, 2.75) is 19.6 Å². The third-order valence-electron chi connectivity index (χ3n) is 3.01. The molecule has 0 fully saturated rings. The van der Waals surface area contributed by atoms with Crippen LogP contribution in [0.3, 0.4) is 0 Å². The first-order chi connectivity index (χ1) is 10.6. The van der Waals surface area contributed by atoms with Gasteiger partial charge in [-0.2, -0.15) is 0 Å². The molecule has 2 aromatic rings. The molecule has 1 atom stereocenters. The van der Waals surface area contributed by atoms with Gasteiger partial charge in [-0.3, -0.25) is 4.79 Å². The Bertz CT molecular complexity index is 643. The fraction of sp³-hybridized carbons (Fsp3) is 0.235. The van der Waals surface area contributed by atoms with E-state index >= 15 is 0 Å². The Hall–Kier alpha value is -2.40. The van der Waals surface area contributed by atoms with Crippen LogP contribution in [0.15, 0.2) is 48.5 Å². The minimum absolute atomic E-state index is 0.0887. The summed E-state index contributed by atoms with van der Waals surface area (Å²) in [5, 5.41) is 11.8. The molecule has 0 aliphatic heterocycles. The molecule has 0 aromatic heterocycles. The maximum atomic E-state index is 13.5. The van der Waals surface area contributed by atoms with Gasteiger partial charge in [-0.1, -0.05) is 24.3 Å². The van der Waals surface area contributed by atoms with Crippen LogP contribution >= 0.6 is 0 Å². The van der Waals surface area contributed by atoms with E-state index in [0.29, 0.717) is 16.9 Å². The molecule has 0 saturated carbocycles. The average Bonchev–Trinajstić information content (AvgIpc) is 2.52. The van der Waals surface area contributed by atoms with Gasteiger partial charge in [-0.15, -0.1) is 0 Å². The number of benzene rings is 2. The highest BCUT2D eigenvalue weighted by Crippen LogP contribution is 2.16. The number of carbonyl (C=O) groups excluding carboxylic acids is 1. The van der Waals surface area contributed by atoms with Crippen LogP contribution in [0.1, 0.15) is 22.8 Å². The van der Waals surface area contributed by atoms with Crippen molar-refractivity contribution in [2.24, 2.45) is 0 Å². The summed E-state index contributed by atoms with van der Waals surface area (Å²) in [4.78, 5) is 11.9. The van der Waals surface area contributed by atoms with Crippen molar-refractivity contribution in [1.82, 2.24) is 5.32 Å². The van der Waals surface area contributed by atoms with Gasteiger partial charge in [0.05, 0.1) is 6.10 Å². The van der Waals surface area contributed by atoms with Crippen LogP contribution < -0.4 is 10.1 Å². The Labute approximate surface area is 128 Å². The van der Waals surface area contributed by atoms with Gasteiger partial charge in [0, 0.05) is 17.7 Å². The van der Waals surface area contributed by atoms with Crippen molar-refractivity contribution in [2.75, 3.05) is 6.54 Å². The topological polar surface area (TPSA) is 58.6 Å². The van der Waals surface area contributed by atoms with Crippen LogP contribution in [0.4, 0.5) is 4.39 Å². The summed E-state index contributed by atoms with van der Waals surface area (Å²) in [6.07, 6.45) is -0.607.